The number of allylic oxidation sites excluding steroid dienone is 4. The summed E-state index contributed by atoms with van der Waals surface area (Å²) in [6.45, 7) is 0.835. The van der Waals surface area contributed by atoms with Crippen molar-refractivity contribution in [2.45, 2.75) is 138 Å². The van der Waals surface area contributed by atoms with Gasteiger partial charge in [0.2, 0.25) is 58.6 Å². The minimum atomic E-state index is -1.53. The molecule has 12 amide bonds. The summed E-state index contributed by atoms with van der Waals surface area (Å²) in [7, 11) is 2.71. The molecule has 9 aliphatic rings. The van der Waals surface area contributed by atoms with Crippen LogP contribution in [0.15, 0.2) is 166 Å². The number of anilines is 2. The summed E-state index contributed by atoms with van der Waals surface area (Å²) in [5.74, 6) is -10.0. The van der Waals surface area contributed by atoms with E-state index in [1.165, 1.54) is 42.8 Å². The van der Waals surface area contributed by atoms with Gasteiger partial charge in [0.15, 0.2) is 11.4 Å². The lowest BCUT2D eigenvalue weighted by atomic mass is 9.82. The summed E-state index contributed by atoms with van der Waals surface area (Å²) in [5, 5.41) is 17.0. The van der Waals surface area contributed by atoms with Crippen LogP contribution in [0.2, 0.25) is 0 Å². The van der Waals surface area contributed by atoms with Crippen LogP contribution in [0.3, 0.4) is 0 Å². The van der Waals surface area contributed by atoms with Crippen molar-refractivity contribution >= 4 is 106 Å². The fourth-order valence-electron chi connectivity index (χ4n) is 18.0. The summed E-state index contributed by atoms with van der Waals surface area (Å²) in [6, 6.07) is 22.4. The Morgan fingerprint density at radius 3 is 1.22 bits per heavy atom. The highest BCUT2D eigenvalue weighted by Gasteiger charge is 2.80. The van der Waals surface area contributed by atoms with Crippen LogP contribution < -0.4 is 66.3 Å². The number of fused-ring (bicyclic) bond motifs is 8. The number of unbranched alkanes of at least 4 members (excludes halogenated alkanes) is 2. The summed E-state index contributed by atoms with van der Waals surface area (Å²) in [4.78, 5) is 228. The van der Waals surface area contributed by atoms with Crippen molar-refractivity contribution in [2.75, 3.05) is 90.4 Å². The molecule has 4 fully saturated rings. The largest absolute Gasteiger partial charge is 0.449 e. The molecule has 2 aliphatic carbocycles. The first-order valence-electron chi connectivity index (χ1n) is 41.3. The van der Waals surface area contributed by atoms with Crippen LogP contribution in [0.1, 0.15) is 74.6 Å². The molecule has 4 saturated heterocycles. The second-order valence-electron chi connectivity index (χ2n) is 32.1. The van der Waals surface area contributed by atoms with Gasteiger partial charge in [0.05, 0.1) is 72.9 Å². The van der Waals surface area contributed by atoms with Gasteiger partial charge in [0.1, 0.15) is 62.7 Å². The first kappa shape index (κ1) is 90.0. The Morgan fingerprint density at radius 2 is 0.865 bits per heavy atom. The van der Waals surface area contributed by atoms with Crippen LogP contribution in [-0.2, 0) is 112 Å². The second-order valence-corrected chi connectivity index (χ2v) is 32.1. The molecule has 0 radical (unpaired) electrons. The summed E-state index contributed by atoms with van der Waals surface area (Å²) in [5.41, 5.74) is 30.2. The molecular formula is C86H102N18O22+2. The molecule has 12 atom stereocenters. The van der Waals surface area contributed by atoms with Crippen molar-refractivity contribution < 1.29 is 117 Å². The highest BCUT2D eigenvalue weighted by molar-refractivity contribution is 6.26. The van der Waals surface area contributed by atoms with E-state index in [4.69, 9.17) is 51.4 Å². The van der Waals surface area contributed by atoms with E-state index in [1.54, 1.807) is 119 Å². The number of rotatable bonds is 39. The zero-order valence-corrected chi connectivity index (χ0v) is 69.9. The van der Waals surface area contributed by atoms with Crippen LogP contribution in [0.4, 0.5) is 30.6 Å². The molecule has 126 heavy (non-hydrogen) atoms. The normalized spacial score (nSPS) is 22.6. The zero-order valence-electron chi connectivity index (χ0n) is 69.9. The number of piperazine rings is 2. The molecule has 40 heteroatoms. The second kappa shape index (κ2) is 38.2. The van der Waals surface area contributed by atoms with Gasteiger partial charge in [-0.25, -0.2) is 19.2 Å². The summed E-state index contributed by atoms with van der Waals surface area (Å²) >= 11 is 0. The van der Waals surface area contributed by atoms with Gasteiger partial charge in [-0.15, -0.1) is 0 Å². The Labute approximate surface area is 722 Å². The van der Waals surface area contributed by atoms with Gasteiger partial charge in [0.25, 0.3) is 11.8 Å². The van der Waals surface area contributed by atoms with Crippen molar-refractivity contribution in [1.29, 1.82) is 0 Å². The number of primary amides is 2. The van der Waals surface area contributed by atoms with Crippen LogP contribution in [0, 0.1) is 11.8 Å². The van der Waals surface area contributed by atoms with Crippen molar-refractivity contribution in [1.82, 2.24) is 50.7 Å². The third-order valence-electron chi connectivity index (χ3n) is 24.4. The van der Waals surface area contributed by atoms with Gasteiger partial charge in [-0.2, -0.15) is 0 Å². The smallest absolute Gasteiger partial charge is 0.410 e. The number of methoxy groups -OCH3 is 2. The van der Waals surface area contributed by atoms with Crippen LogP contribution in [-0.4, -0.2) is 264 Å². The summed E-state index contributed by atoms with van der Waals surface area (Å²) in [6.07, 6.45) is 0.534. The number of Topliss-reactive ketones (excluding diaryl/α,β-unsaturated/α-hetero) is 4. The number of imide groups is 1. The number of nitrogens with zero attached hydrogens (tertiary/aromatic N) is 6. The first-order valence-corrected chi connectivity index (χ1v) is 41.3. The third kappa shape index (κ3) is 18.3. The molecule has 0 spiro atoms. The maximum absolute atomic E-state index is 14.8. The SMILES string of the molecule is COC12C(COC(N)=O)C3=C(C(=O)C(C)=C(N)C3=O)N1CC1C2N1C(=O)OCc1ccc(NC(=O)[C@H](CCCC[NH3+])NC(=O)[C@H](Cc2ccccc2)NC(=O)CN(CCN2C(=O)C=CC2=O)CC(=O)N[C@@H](Cc2ccccc2)C(=O)N[C@@H](CCCC[NH3+])C(=O)Nc2ccc(COC(=O)N3C4CN5C6=C(C(=O)C(N)=C(C)C6=O)C(COC(N)=O)C5(OC)C43)cc2)cc1. The predicted octanol–water partition coefficient (Wildman–Crippen LogP) is -1.84. The number of amides is 12. The molecule has 20 N–H and O–H groups in total. The average molecular weight is 1740 g/mol. The van der Waals surface area contributed by atoms with Gasteiger partial charge in [-0.05, 0) is 98.9 Å². The number of ether oxygens (including phenoxy) is 6. The Balaban J connectivity index is 0.637. The maximum atomic E-state index is 14.8. The minimum absolute atomic E-state index is 0.0102. The highest BCUT2D eigenvalue weighted by atomic mass is 16.6. The number of quaternary nitrogens is 2. The van der Waals surface area contributed by atoms with E-state index < -0.39 is 193 Å². The number of hydrogen-bond acceptors (Lipinski definition) is 27. The molecular weight excluding hydrogens is 1640 g/mol. The van der Waals surface area contributed by atoms with E-state index in [-0.39, 0.29) is 110 Å². The zero-order chi connectivity index (χ0) is 90.3. The number of carbonyl (C=O) groups is 16. The van der Waals surface area contributed by atoms with Gasteiger partial charge in [-0.3, -0.25) is 77.1 Å². The fraction of sp³-hybridized carbons (Fsp3) is 0.419. The lowest BCUT2D eigenvalue weighted by molar-refractivity contribution is -0.368. The molecule has 0 aromatic heterocycles. The standard InChI is InChI=1S/C86H100N18O22/c1-45-67(89)73(111)65-53(43-123-81(91)117)85(121-3)75-59(37-101(85)69(65)71(45)109)103(75)83(119)125-41-49-21-25-51(26-22-49)93-77(113)55(19-11-13-31-87)97-79(115)57(35-47-15-7-5-8-16-47)95-61(105)39-99(33-34-100-63(107)29-30-64(100)108)40-62(106)96-58(36-48-17-9-6-10-18-48)80(116)98-56(20-12-14-32-88)78(114)94-52-27-23-50(24-28-52)42-126-84(120)104-60-38-102-70-66(74(112)68(90)46(2)72(70)110)54(44-124-82(92)118)86(102,122-4)76(60)104/h5-10,15-18,21-30,53-60,75-76H,11-14,19-20,31-44,87-90H2,1-4H3,(H2,91,117)(H2,92,118)(H,93,113)(H,94,114)(H,95,105)(H,96,106)(H,97,115)(H,98,116)/p+2/t53?,54?,55-,56-,57-,58-,59?,60?,75?,76?,85?,86?,103?,104?/m0/s1. The van der Waals surface area contributed by atoms with E-state index >= 15 is 0 Å². The monoisotopic (exact) mass is 1740 g/mol. The van der Waals surface area contributed by atoms with Crippen LogP contribution in [0.25, 0.3) is 0 Å². The van der Waals surface area contributed by atoms with Gasteiger partial charge < -0.3 is 105 Å². The molecule has 4 aromatic carbocycles. The van der Waals surface area contributed by atoms with Crippen LogP contribution in [0.5, 0.6) is 0 Å². The Morgan fingerprint density at radius 1 is 0.484 bits per heavy atom. The molecule has 666 valence electrons. The van der Waals surface area contributed by atoms with Gasteiger partial charge in [0, 0.05) is 99.1 Å². The molecule has 40 nitrogen and oxygen atoms in total. The highest BCUT2D eigenvalue weighted by Crippen LogP contribution is 2.62. The van der Waals surface area contributed by atoms with E-state index in [1.807, 2.05) is 0 Å². The van der Waals surface area contributed by atoms with E-state index in [2.05, 4.69) is 43.4 Å². The first-order chi connectivity index (χ1) is 60.4. The van der Waals surface area contributed by atoms with Crippen molar-refractivity contribution in [3.8, 4) is 0 Å². The number of benzene rings is 4. The van der Waals surface area contributed by atoms with Crippen molar-refractivity contribution in [3.05, 3.63) is 189 Å². The average Bonchev–Trinajstić information content (AvgIpc) is 1.49. The third-order valence-corrected chi connectivity index (χ3v) is 24.4. The molecule has 7 heterocycles. The van der Waals surface area contributed by atoms with Gasteiger partial charge >= 0.3 is 24.4 Å². The lowest BCUT2D eigenvalue weighted by Gasteiger charge is -2.40. The molecule has 13 rings (SSSR count). The predicted molar refractivity (Wildman–Crippen MR) is 442 cm³/mol. The molecule has 0 saturated carbocycles. The number of nitrogens with one attached hydrogen (secondary N) is 6. The Bertz CT molecular complexity index is 4900. The Hall–Kier alpha value is -13.7. The van der Waals surface area contributed by atoms with Crippen LogP contribution >= 0.6 is 0 Å². The topological polar surface area (TPSA) is 579 Å². The summed E-state index contributed by atoms with van der Waals surface area (Å²) < 4.78 is 34.2. The van der Waals surface area contributed by atoms with E-state index in [0.29, 0.717) is 72.4 Å². The quantitative estimate of drug-likeness (QED) is 0.00768. The molecule has 0 bridgehead atoms. The maximum Gasteiger partial charge on any atom is 0.410 e. The fourth-order valence-corrected chi connectivity index (χ4v) is 18.0. The number of ketones is 4. The van der Waals surface area contributed by atoms with Crippen molar-refractivity contribution in [2.24, 2.45) is 34.8 Å². The number of nitrogens with two attached hydrogens (primary N) is 4. The molecule has 4 aromatic rings. The van der Waals surface area contributed by atoms with E-state index in [9.17, 15) is 76.7 Å². The molecule has 8 unspecified atom stereocenters. The van der Waals surface area contributed by atoms with Gasteiger partial charge in [-0.1, -0.05) is 84.9 Å². The van der Waals surface area contributed by atoms with Crippen molar-refractivity contribution in [3.63, 3.8) is 0 Å². The lowest BCUT2D eigenvalue weighted by Crippen LogP contribution is -2.56. The number of carbonyl (C=O) groups excluding carboxylic acids is 16. The number of hydrogen-bond donors (Lipinski definition) is 12. The Kier molecular flexibility index (Phi) is 27.3. The molecule has 7 aliphatic heterocycles. The minimum Gasteiger partial charge on any atom is -0.449 e. The van der Waals surface area contributed by atoms with E-state index in [0.717, 1.165) is 17.1 Å².